The zero-order valence-electron chi connectivity index (χ0n) is 8.10. The summed E-state index contributed by atoms with van der Waals surface area (Å²) < 4.78 is 0. The first-order valence-corrected chi connectivity index (χ1v) is 4.55. The molecule has 0 amide bonds. The molecule has 4 nitrogen and oxygen atoms in total. The Kier molecular flexibility index (Phi) is 4.07. The Morgan fingerprint density at radius 3 is 2.79 bits per heavy atom. The highest BCUT2D eigenvalue weighted by Crippen LogP contribution is 2.09. The van der Waals surface area contributed by atoms with Crippen molar-refractivity contribution in [2.24, 2.45) is 0 Å². The molecule has 0 aliphatic heterocycles. The molecule has 0 bridgehead atoms. The largest absolute Gasteiger partial charge is 0.481 e. The highest BCUT2D eigenvalue weighted by molar-refractivity contribution is 5.66. The number of nitrogens with one attached hydrogen (secondary N) is 1. The van der Waals surface area contributed by atoms with Gasteiger partial charge in [-0.15, -0.1) is 0 Å². The maximum atomic E-state index is 10.3. The number of carboxylic acid groups (broad SMARTS) is 1. The minimum absolute atomic E-state index is 0.148. The molecule has 14 heavy (non-hydrogen) atoms. The number of carbonyl (C=O) groups is 1. The molecule has 76 valence electrons. The fourth-order valence-electron chi connectivity index (χ4n) is 1.17. The molecule has 0 aromatic carbocycles. The fourth-order valence-corrected chi connectivity index (χ4v) is 1.17. The van der Waals surface area contributed by atoms with Gasteiger partial charge in [0.15, 0.2) is 0 Å². The maximum absolute atomic E-state index is 10.3. The first-order valence-electron chi connectivity index (χ1n) is 4.55. The standard InChI is InChI=1S/C10H14N2O2/c1-8(12-7-4-10(13)14)9-2-5-11-6-3-9/h2-3,5-6,8,12H,4,7H2,1H3,(H,13,14). The van der Waals surface area contributed by atoms with Crippen molar-refractivity contribution in [2.45, 2.75) is 19.4 Å². The smallest absolute Gasteiger partial charge is 0.304 e. The summed E-state index contributed by atoms with van der Waals surface area (Å²) >= 11 is 0. The molecule has 1 aromatic rings. The first-order chi connectivity index (χ1) is 6.70. The van der Waals surface area contributed by atoms with Crippen LogP contribution in [0.1, 0.15) is 24.9 Å². The number of rotatable bonds is 5. The van der Waals surface area contributed by atoms with E-state index in [1.54, 1.807) is 12.4 Å². The molecule has 0 aliphatic carbocycles. The molecule has 1 rings (SSSR count). The highest BCUT2D eigenvalue weighted by atomic mass is 16.4. The van der Waals surface area contributed by atoms with Crippen LogP contribution in [0.2, 0.25) is 0 Å². The lowest BCUT2D eigenvalue weighted by molar-refractivity contribution is -0.136. The Bertz CT molecular complexity index is 287. The van der Waals surface area contributed by atoms with E-state index in [1.165, 1.54) is 0 Å². The van der Waals surface area contributed by atoms with Crippen LogP contribution in [0.4, 0.5) is 0 Å². The third-order valence-corrected chi connectivity index (χ3v) is 2.00. The number of hydrogen-bond acceptors (Lipinski definition) is 3. The van der Waals surface area contributed by atoms with Gasteiger partial charge >= 0.3 is 5.97 Å². The van der Waals surface area contributed by atoms with Gasteiger partial charge in [-0.1, -0.05) is 0 Å². The van der Waals surface area contributed by atoms with Crippen LogP contribution in [0.5, 0.6) is 0 Å². The number of aliphatic carboxylic acids is 1. The quantitative estimate of drug-likeness (QED) is 0.739. The van der Waals surface area contributed by atoms with Crippen molar-refractivity contribution in [2.75, 3.05) is 6.54 Å². The molecule has 4 heteroatoms. The van der Waals surface area contributed by atoms with E-state index < -0.39 is 5.97 Å². The normalized spacial score (nSPS) is 12.4. The van der Waals surface area contributed by atoms with Crippen molar-refractivity contribution in [1.82, 2.24) is 10.3 Å². The van der Waals surface area contributed by atoms with Crippen LogP contribution in [0, 0.1) is 0 Å². The lowest BCUT2D eigenvalue weighted by atomic mass is 10.1. The van der Waals surface area contributed by atoms with Crippen molar-refractivity contribution >= 4 is 5.97 Å². The van der Waals surface area contributed by atoms with Crippen molar-refractivity contribution in [3.05, 3.63) is 30.1 Å². The molecule has 0 saturated carbocycles. The Morgan fingerprint density at radius 2 is 2.21 bits per heavy atom. The average molecular weight is 194 g/mol. The summed E-state index contributed by atoms with van der Waals surface area (Å²) in [7, 11) is 0. The van der Waals surface area contributed by atoms with Crippen LogP contribution in [-0.4, -0.2) is 22.6 Å². The van der Waals surface area contributed by atoms with Gasteiger partial charge in [-0.25, -0.2) is 0 Å². The SMILES string of the molecule is CC(NCCC(=O)O)c1ccncc1. The van der Waals surface area contributed by atoms with Gasteiger partial charge in [0.25, 0.3) is 0 Å². The van der Waals surface area contributed by atoms with Gasteiger partial charge in [0.05, 0.1) is 6.42 Å². The zero-order valence-corrected chi connectivity index (χ0v) is 8.10. The van der Waals surface area contributed by atoms with Crippen molar-refractivity contribution in [1.29, 1.82) is 0 Å². The highest BCUT2D eigenvalue weighted by Gasteiger charge is 2.04. The van der Waals surface area contributed by atoms with E-state index >= 15 is 0 Å². The first kappa shape index (κ1) is 10.7. The van der Waals surface area contributed by atoms with E-state index in [4.69, 9.17) is 5.11 Å². The average Bonchev–Trinajstić information content (AvgIpc) is 2.18. The molecular formula is C10H14N2O2. The van der Waals surface area contributed by atoms with E-state index in [-0.39, 0.29) is 12.5 Å². The number of hydrogen-bond donors (Lipinski definition) is 2. The third-order valence-electron chi connectivity index (χ3n) is 2.00. The van der Waals surface area contributed by atoms with Crippen LogP contribution >= 0.6 is 0 Å². The van der Waals surface area contributed by atoms with Crippen molar-refractivity contribution < 1.29 is 9.90 Å². The fraction of sp³-hybridized carbons (Fsp3) is 0.400. The molecular weight excluding hydrogens is 180 g/mol. The van der Waals surface area contributed by atoms with Gasteiger partial charge in [-0.2, -0.15) is 0 Å². The van der Waals surface area contributed by atoms with E-state index in [2.05, 4.69) is 10.3 Å². The van der Waals surface area contributed by atoms with E-state index in [1.807, 2.05) is 19.1 Å². The van der Waals surface area contributed by atoms with Crippen molar-refractivity contribution in [3.63, 3.8) is 0 Å². The molecule has 1 aromatic heterocycles. The van der Waals surface area contributed by atoms with Gasteiger partial charge in [-0.05, 0) is 24.6 Å². The number of pyridine rings is 1. The van der Waals surface area contributed by atoms with E-state index in [0.29, 0.717) is 6.54 Å². The van der Waals surface area contributed by atoms with Crippen LogP contribution in [0.3, 0.4) is 0 Å². The van der Waals surface area contributed by atoms with Gasteiger partial charge in [0.1, 0.15) is 0 Å². The molecule has 0 radical (unpaired) electrons. The summed E-state index contributed by atoms with van der Waals surface area (Å²) in [5.41, 5.74) is 1.12. The van der Waals surface area contributed by atoms with Gasteiger partial charge in [-0.3, -0.25) is 9.78 Å². The monoisotopic (exact) mass is 194 g/mol. The molecule has 1 unspecified atom stereocenters. The predicted molar refractivity (Wildman–Crippen MR) is 52.9 cm³/mol. The molecule has 0 aliphatic rings. The van der Waals surface area contributed by atoms with Crippen LogP contribution in [0.25, 0.3) is 0 Å². The predicted octanol–water partition coefficient (Wildman–Crippen LogP) is 1.21. The summed E-state index contributed by atoms with van der Waals surface area (Å²) in [6.45, 7) is 2.48. The van der Waals surface area contributed by atoms with Crippen LogP contribution in [-0.2, 0) is 4.79 Å². The summed E-state index contributed by atoms with van der Waals surface area (Å²) in [6, 6.07) is 3.99. The minimum atomic E-state index is -0.778. The molecule has 1 atom stereocenters. The van der Waals surface area contributed by atoms with Crippen LogP contribution < -0.4 is 5.32 Å². The third kappa shape index (κ3) is 3.53. The maximum Gasteiger partial charge on any atom is 0.304 e. The van der Waals surface area contributed by atoms with Gasteiger partial charge in [0.2, 0.25) is 0 Å². The number of nitrogens with zero attached hydrogens (tertiary/aromatic N) is 1. The Balaban J connectivity index is 2.36. The minimum Gasteiger partial charge on any atom is -0.481 e. The molecule has 2 N–H and O–H groups in total. The van der Waals surface area contributed by atoms with Gasteiger partial charge < -0.3 is 10.4 Å². The summed E-state index contributed by atoms with van der Waals surface area (Å²) in [5.74, 6) is -0.778. The second-order valence-corrected chi connectivity index (χ2v) is 3.10. The number of carboxylic acids is 1. The van der Waals surface area contributed by atoms with Crippen molar-refractivity contribution in [3.8, 4) is 0 Å². The summed E-state index contributed by atoms with van der Waals surface area (Å²) in [4.78, 5) is 14.2. The van der Waals surface area contributed by atoms with E-state index in [0.717, 1.165) is 5.56 Å². The van der Waals surface area contributed by atoms with E-state index in [9.17, 15) is 4.79 Å². The lowest BCUT2D eigenvalue weighted by Gasteiger charge is -2.12. The Hall–Kier alpha value is -1.42. The molecule has 1 heterocycles. The Morgan fingerprint density at radius 1 is 1.57 bits per heavy atom. The van der Waals surface area contributed by atoms with Crippen LogP contribution in [0.15, 0.2) is 24.5 Å². The Labute approximate surface area is 83.0 Å². The second-order valence-electron chi connectivity index (χ2n) is 3.10. The summed E-state index contributed by atoms with van der Waals surface area (Å²) in [6.07, 6.45) is 3.60. The number of aromatic nitrogens is 1. The topological polar surface area (TPSA) is 62.2 Å². The summed E-state index contributed by atoms with van der Waals surface area (Å²) in [5, 5.41) is 11.6. The zero-order chi connectivity index (χ0) is 10.4. The molecule has 0 saturated heterocycles. The second kappa shape index (κ2) is 5.34. The van der Waals surface area contributed by atoms with Gasteiger partial charge in [0, 0.05) is 25.0 Å². The lowest BCUT2D eigenvalue weighted by Crippen LogP contribution is -2.21. The molecule has 0 spiro atoms. The molecule has 0 fully saturated rings.